The van der Waals surface area contributed by atoms with Crippen molar-refractivity contribution in [1.29, 1.82) is 0 Å². The van der Waals surface area contributed by atoms with E-state index < -0.39 is 21.2 Å². The summed E-state index contributed by atoms with van der Waals surface area (Å²) < 4.78 is 23.4. The maximum atomic E-state index is 12.2. The Bertz CT molecular complexity index is 846. The van der Waals surface area contributed by atoms with Crippen molar-refractivity contribution in [3.05, 3.63) is 60.2 Å². The molecule has 6 heteroatoms. The molecule has 5 nitrogen and oxygen atoms in total. The first-order valence-corrected chi connectivity index (χ1v) is 10.6. The number of hydrogen-bond acceptors (Lipinski definition) is 4. The fourth-order valence-corrected chi connectivity index (χ4v) is 5.12. The van der Waals surface area contributed by atoms with Crippen LogP contribution in [0.1, 0.15) is 24.8 Å². The third-order valence-corrected chi connectivity index (χ3v) is 6.97. The van der Waals surface area contributed by atoms with Crippen LogP contribution in [0, 0.1) is 5.41 Å². The summed E-state index contributed by atoms with van der Waals surface area (Å²) in [6, 6.07) is 18.3. The average Bonchev–Trinajstić information content (AvgIpc) is 2.68. The van der Waals surface area contributed by atoms with E-state index in [2.05, 4.69) is 24.3 Å². The smallest absolute Gasteiger partial charge is 0.249 e. The van der Waals surface area contributed by atoms with E-state index in [1.54, 1.807) is 5.48 Å². The van der Waals surface area contributed by atoms with E-state index in [1.165, 1.54) is 0 Å². The Morgan fingerprint density at radius 3 is 2.12 bits per heavy atom. The van der Waals surface area contributed by atoms with Gasteiger partial charge in [-0.05, 0) is 42.4 Å². The monoisotopic (exact) mass is 373 g/mol. The van der Waals surface area contributed by atoms with Gasteiger partial charge in [0.05, 0.1) is 16.9 Å². The van der Waals surface area contributed by atoms with Gasteiger partial charge in [-0.25, -0.2) is 13.9 Å². The standard InChI is InChI=1S/C20H23NO4S/c22-19(21-23)20(12-14-26(24,25)15-13-20)11-10-16-6-8-18(9-7-16)17-4-2-1-3-5-17/h1-9,23H,10-15H2,(H,21,22). The lowest BCUT2D eigenvalue weighted by atomic mass is 9.76. The molecule has 2 aromatic rings. The second kappa shape index (κ2) is 7.60. The van der Waals surface area contributed by atoms with E-state index >= 15 is 0 Å². The number of sulfone groups is 1. The van der Waals surface area contributed by atoms with Crippen molar-refractivity contribution in [2.24, 2.45) is 5.41 Å². The van der Waals surface area contributed by atoms with Crippen LogP contribution in [0.15, 0.2) is 54.6 Å². The molecule has 0 saturated carbocycles. The van der Waals surface area contributed by atoms with Crippen molar-refractivity contribution >= 4 is 15.7 Å². The molecular weight excluding hydrogens is 350 g/mol. The molecule has 1 fully saturated rings. The van der Waals surface area contributed by atoms with Gasteiger partial charge in [-0.3, -0.25) is 10.0 Å². The van der Waals surface area contributed by atoms with E-state index in [-0.39, 0.29) is 24.3 Å². The lowest BCUT2D eigenvalue weighted by Crippen LogP contribution is -2.45. The lowest BCUT2D eigenvalue weighted by Gasteiger charge is -2.34. The lowest BCUT2D eigenvalue weighted by molar-refractivity contribution is -0.140. The number of carbonyl (C=O) groups is 1. The fraction of sp³-hybridized carbons (Fsp3) is 0.350. The van der Waals surface area contributed by atoms with Crippen LogP contribution in [-0.2, 0) is 21.1 Å². The molecule has 2 N–H and O–H groups in total. The van der Waals surface area contributed by atoms with E-state index in [0.717, 1.165) is 16.7 Å². The van der Waals surface area contributed by atoms with Crippen LogP contribution >= 0.6 is 0 Å². The van der Waals surface area contributed by atoms with E-state index in [0.29, 0.717) is 12.8 Å². The van der Waals surface area contributed by atoms with Crippen LogP contribution in [0.5, 0.6) is 0 Å². The predicted octanol–water partition coefficient (Wildman–Crippen LogP) is 2.99. The number of aryl methyl sites for hydroxylation is 1. The fourth-order valence-electron chi connectivity index (χ4n) is 3.52. The molecule has 0 unspecified atom stereocenters. The summed E-state index contributed by atoms with van der Waals surface area (Å²) >= 11 is 0. The molecule has 138 valence electrons. The maximum absolute atomic E-state index is 12.2. The summed E-state index contributed by atoms with van der Waals surface area (Å²) in [7, 11) is -3.08. The van der Waals surface area contributed by atoms with Gasteiger partial charge in [0.1, 0.15) is 9.84 Å². The number of hydroxylamine groups is 1. The van der Waals surface area contributed by atoms with E-state index in [9.17, 15) is 13.2 Å². The molecule has 1 saturated heterocycles. The largest absolute Gasteiger partial charge is 0.289 e. The van der Waals surface area contributed by atoms with Gasteiger partial charge in [-0.2, -0.15) is 0 Å². The summed E-state index contributed by atoms with van der Waals surface area (Å²) in [5.74, 6) is -0.492. The Balaban J connectivity index is 1.70. The zero-order chi connectivity index (χ0) is 18.6. The number of rotatable bonds is 5. The van der Waals surface area contributed by atoms with Crippen LogP contribution < -0.4 is 5.48 Å². The first kappa shape index (κ1) is 18.6. The molecule has 0 atom stereocenters. The number of amides is 1. The van der Waals surface area contributed by atoms with E-state index in [4.69, 9.17) is 5.21 Å². The summed E-state index contributed by atoms with van der Waals surface area (Å²) in [5, 5.41) is 9.09. The molecular formula is C20H23NO4S. The van der Waals surface area contributed by atoms with Crippen LogP contribution in [0.4, 0.5) is 0 Å². The molecule has 0 aromatic heterocycles. The highest BCUT2D eigenvalue weighted by Gasteiger charge is 2.42. The number of benzene rings is 2. The van der Waals surface area contributed by atoms with Gasteiger partial charge >= 0.3 is 0 Å². The first-order valence-electron chi connectivity index (χ1n) is 8.73. The zero-order valence-corrected chi connectivity index (χ0v) is 15.3. The quantitative estimate of drug-likeness (QED) is 0.623. The zero-order valence-electron chi connectivity index (χ0n) is 14.5. The van der Waals surface area contributed by atoms with Gasteiger partial charge in [-0.1, -0.05) is 54.6 Å². The molecule has 0 spiro atoms. The highest BCUT2D eigenvalue weighted by atomic mass is 32.2. The predicted molar refractivity (Wildman–Crippen MR) is 100 cm³/mol. The summed E-state index contributed by atoms with van der Waals surface area (Å²) in [5.41, 5.74) is 4.27. The molecule has 1 aliphatic rings. The van der Waals surface area contributed by atoms with Gasteiger partial charge in [0.15, 0.2) is 0 Å². The minimum Gasteiger partial charge on any atom is -0.289 e. The Labute approximate surface area is 153 Å². The minimum atomic E-state index is -3.08. The minimum absolute atomic E-state index is 0.00658. The highest BCUT2D eigenvalue weighted by Crippen LogP contribution is 2.37. The molecule has 1 heterocycles. The van der Waals surface area contributed by atoms with Crippen LogP contribution in [-0.4, -0.2) is 31.0 Å². The Kier molecular flexibility index (Phi) is 5.44. The van der Waals surface area contributed by atoms with Crippen molar-refractivity contribution in [3.63, 3.8) is 0 Å². The summed E-state index contributed by atoms with van der Waals surface area (Å²) in [6.45, 7) is 0. The highest BCUT2D eigenvalue weighted by molar-refractivity contribution is 7.91. The molecule has 1 aliphatic heterocycles. The summed E-state index contributed by atoms with van der Waals surface area (Å²) in [6.07, 6.45) is 1.68. The van der Waals surface area contributed by atoms with Gasteiger partial charge in [0, 0.05) is 0 Å². The van der Waals surface area contributed by atoms with Gasteiger partial charge in [0.2, 0.25) is 5.91 Å². The van der Waals surface area contributed by atoms with Gasteiger partial charge in [0.25, 0.3) is 0 Å². The van der Waals surface area contributed by atoms with Crippen molar-refractivity contribution < 1.29 is 18.4 Å². The number of hydrogen-bond donors (Lipinski definition) is 2. The number of nitrogens with one attached hydrogen (secondary N) is 1. The molecule has 1 amide bonds. The molecule has 0 bridgehead atoms. The second-order valence-corrected chi connectivity index (χ2v) is 9.24. The molecule has 26 heavy (non-hydrogen) atoms. The maximum Gasteiger partial charge on any atom is 0.249 e. The van der Waals surface area contributed by atoms with Crippen molar-refractivity contribution in [2.75, 3.05) is 11.5 Å². The van der Waals surface area contributed by atoms with Gasteiger partial charge in [-0.15, -0.1) is 0 Å². The molecule has 2 aromatic carbocycles. The van der Waals surface area contributed by atoms with Crippen molar-refractivity contribution in [3.8, 4) is 11.1 Å². The third kappa shape index (κ3) is 4.14. The SMILES string of the molecule is O=C(NO)C1(CCc2ccc(-c3ccccc3)cc2)CCS(=O)(=O)CC1. The van der Waals surface area contributed by atoms with Crippen LogP contribution in [0.3, 0.4) is 0 Å². The Hall–Kier alpha value is -2.18. The summed E-state index contributed by atoms with van der Waals surface area (Å²) in [4.78, 5) is 12.2. The second-order valence-electron chi connectivity index (χ2n) is 6.94. The van der Waals surface area contributed by atoms with Crippen molar-refractivity contribution in [2.45, 2.75) is 25.7 Å². The van der Waals surface area contributed by atoms with Gasteiger partial charge < -0.3 is 0 Å². The van der Waals surface area contributed by atoms with Crippen LogP contribution in [0.25, 0.3) is 11.1 Å². The topological polar surface area (TPSA) is 83.5 Å². The van der Waals surface area contributed by atoms with E-state index in [1.807, 2.05) is 30.3 Å². The number of carbonyl (C=O) groups excluding carboxylic acids is 1. The van der Waals surface area contributed by atoms with Crippen molar-refractivity contribution in [1.82, 2.24) is 5.48 Å². The average molecular weight is 373 g/mol. The normalized spacial score (nSPS) is 18.2. The Morgan fingerprint density at radius 1 is 0.962 bits per heavy atom. The first-order chi connectivity index (χ1) is 12.4. The Morgan fingerprint density at radius 2 is 1.54 bits per heavy atom. The van der Waals surface area contributed by atoms with Crippen LogP contribution in [0.2, 0.25) is 0 Å². The molecule has 3 rings (SSSR count). The molecule has 0 aliphatic carbocycles. The third-order valence-electron chi connectivity index (χ3n) is 5.32. The molecule has 0 radical (unpaired) electrons.